The van der Waals surface area contributed by atoms with Crippen LogP contribution in [0.25, 0.3) is 0 Å². The van der Waals surface area contributed by atoms with Crippen LogP contribution >= 0.6 is 15.9 Å². The molecule has 2 aromatic carbocycles. The number of hydrogen-bond donors (Lipinski definition) is 2. The summed E-state index contributed by atoms with van der Waals surface area (Å²) in [5.74, 6) is 1.10. The molecule has 3 rings (SSSR count). The molecular formula is C18H18BrN5. The zero-order valence-corrected chi connectivity index (χ0v) is 15.3. The van der Waals surface area contributed by atoms with Gasteiger partial charge in [0, 0.05) is 15.8 Å². The smallest absolute Gasteiger partial charge is 0.249 e. The molecule has 5 nitrogen and oxygen atoms in total. The number of aryl methyl sites for hydroxylation is 3. The second-order valence-electron chi connectivity index (χ2n) is 5.70. The quantitative estimate of drug-likeness (QED) is 0.659. The van der Waals surface area contributed by atoms with Crippen LogP contribution in [0.15, 0.2) is 47.1 Å². The zero-order chi connectivity index (χ0) is 17.1. The molecule has 0 amide bonds. The fourth-order valence-electron chi connectivity index (χ4n) is 2.36. The molecule has 0 spiro atoms. The highest BCUT2D eigenvalue weighted by Gasteiger charge is 2.05. The van der Waals surface area contributed by atoms with Gasteiger partial charge in [-0.2, -0.15) is 10.1 Å². The predicted molar refractivity (Wildman–Crippen MR) is 101 cm³/mol. The molecule has 24 heavy (non-hydrogen) atoms. The Balaban J connectivity index is 1.79. The number of benzene rings is 2. The largest absolute Gasteiger partial charge is 0.339 e. The number of aromatic nitrogens is 3. The van der Waals surface area contributed by atoms with Crippen LogP contribution in [0.1, 0.15) is 16.7 Å². The van der Waals surface area contributed by atoms with Gasteiger partial charge in [-0.25, -0.2) is 0 Å². The second kappa shape index (κ2) is 6.97. The standard InChI is InChI=1S/C18H18BrN5/c1-11-4-7-16(13(3)8-11)22-18-23-17(10-20-24-18)21-14-5-6-15(19)12(2)9-14/h4-10H,1-3H3,(H2,21,22,23,24). The maximum absolute atomic E-state index is 4.47. The summed E-state index contributed by atoms with van der Waals surface area (Å²) in [6.45, 7) is 6.16. The minimum atomic E-state index is 0.459. The molecule has 0 unspecified atom stereocenters. The molecule has 0 bridgehead atoms. The molecule has 1 aromatic heterocycles. The van der Waals surface area contributed by atoms with Gasteiger partial charge in [-0.3, -0.25) is 0 Å². The van der Waals surface area contributed by atoms with Crippen molar-refractivity contribution in [3.05, 3.63) is 63.8 Å². The molecule has 3 aromatic rings. The van der Waals surface area contributed by atoms with E-state index in [0.29, 0.717) is 11.8 Å². The molecule has 122 valence electrons. The molecule has 0 saturated heterocycles. The van der Waals surface area contributed by atoms with E-state index in [1.54, 1.807) is 6.20 Å². The molecule has 0 atom stereocenters. The molecule has 1 heterocycles. The Labute approximate surface area is 149 Å². The molecular weight excluding hydrogens is 366 g/mol. The topological polar surface area (TPSA) is 62.7 Å². The van der Waals surface area contributed by atoms with Gasteiger partial charge in [0.1, 0.15) is 0 Å². The third-order valence-corrected chi connectivity index (χ3v) is 4.51. The van der Waals surface area contributed by atoms with Gasteiger partial charge in [-0.15, -0.1) is 5.10 Å². The van der Waals surface area contributed by atoms with Gasteiger partial charge in [-0.1, -0.05) is 33.6 Å². The van der Waals surface area contributed by atoms with Gasteiger partial charge in [-0.05, 0) is 56.2 Å². The average molecular weight is 384 g/mol. The first-order chi connectivity index (χ1) is 11.5. The lowest BCUT2D eigenvalue weighted by Crippen LogP contribution is -2.03. The SMILES string of the molecule is Cc1ccc(Nc2nncc(Nc3ccc(Br)c(C)c3)n2)c(C)c1. The van der Waals surface area contributed by atoms with Crippen LogP contribution in [0, 0.1) is 20.8 Å². The van der Waals surface area contributed by atoms with E-state index in [9.17, 15) is 0 Å². The first kappa shape index (κ1) is 16.4. The van der Waals surface area contributed by atoms with E-state index in [4.69, 9.17) is 0 Å². The maximum Gasteiger partial charge on any atom is 0.249 e. The van der Waals surface area contributed by atoms with E-state index in [-0.39, 0.29) is 0 Å². The Morgan fingerprint density at radius 2 is 1.75 bits per heavy atom. The highest BCUT2D eigenvalue weighted by molar-refractivity contribution is 9.10. The van der Waals surface area contributed by atoms with Crippen molar-refractivity contribution < 1.29 is 0 Å². The summed E-state index contributed by atoms with van der Waals surface area (Å²) in [5.41, 5.74) is 5.43. The van der Waals surface area contributed by atoms with E-state index >= 15 is 0 Å². The molecule has 0 aliphatic heterocycles. The lowest BCUT2D eigenvalue weighted by atomic mass is 10.1. The Bertz CT molecular complexity index is 879. The summed E-state index contributed by atoms with van der Waals surface area (Å²) in [6, 6.07) is 12.2. The number of halogens is 1. The number of nitrogens with one attached hydrogen (secondary N) is 2. The minimum Gasteiger partial charge on any atom is -0.339 e. The highest BCUT2D eigenvalue weighted by atomic mass is 79.9. The van der Waals surface area contributed by atoms with Crippen LogP contribution in [0.5, 0.6) is 0 Å². The van der Waals surface area contributed by atoms with E-state index in [2.05, 4.69) is 67.7 Å². The predicted octanol–water partition coefficient (Wildman–Crippen LogP) is 5.05. The highest BCUT2D eigenvalue weighted by Crippen LogP contribution is 2.23. The first-order valence-electron chi connectivity index (χ1n) is 7.58. The Kier molecular flexibility index (Phi) is 4.76. The molecule has 0 aliphatic rings. The van der Waals surface area contributed by atoms with Crippen LogP contribution in [0.2, 0.25) is 0 Å². The number of anilines is 4. The van der Waals surface area contributed by atoms with Crippen LogP contribution < -0.4 is 10.6 Å². The lowest BCUT2D eigenvalue weighted by molar-refractivity contribution is 0.981. The fourth-order valence-corrected chi connectivity index (χ4v) is 2.61. The van der Waals surface area contributed by atoms with Crippen molar-refractivity contribution in [3.8, 4) is 0 Å². The van der Waals surface area contributed by atoms with Crippen LogP contribution in [0.3, 0.4) is 0 Å². The van der Waals surface area contributed by atoms with Crippen molar-refractivity contribution >= 4 is 39.1 Å². The first-order valence-corrected chi connectivity index (χ1v) is 8.38. The van der Waals surface area contributed by atoms with E-state index in [1.165, 1.54) is 5.56 Å². The molecule has 0 aliphatic carbocycles. The summed E-state index contributed by atoms with van der Waals surface area (Å²) >= 11 is 3.50. The van der Waals surface area contributed by atoms with Gasteiger partial charge in [0.2, 0.25) is 5.95 Å². The fraction of sp³-hybridized carbons (Fsp3) is 0.167. The van der Waals surface area contributed by atoms with Crippen molar-refractivity contribution in [1.82, 2.24) is 15.2 Å². The van der Waals surface area contributed by atoms with Crippen molar-refractivity contribution in [1.29, 1.82) is 0 Å². The van der Waals surface area contributed by atoms with Crippen molar-refractivity contribution in [2.45, 2.75) is 20.8 Å². The summed E-state index contributed by atoms with van der Waals surface area (Å²) in [5, 5.41) is 14.5. The van der Waals surface area contributed by atoms with Gasteiger partial charge in [0.15, 0.2) is 5.82 Å². The Morgan fingerprint density at radius 1 is 0.917 bits per heavy atom. The van der Waals surface area contributed by atoms with E-state index < -0.39 is 0 Å². The van der Waals surface area contributed by atoms with Crippen LogP contribution in [0.4, 0.5) is 23.1 Å². The Morgan fingerprint density at radius 3 is 2.50 bits per heavy atom. The summed E-state index contributed by atoms with van der Waals surface area (Å²) < 4.78 is 1.08. The molecule has 0 fully saturated rings. The Hall–Kier alpha value is -2.47. The number of nitrogens with zero attached hydrogens (tertiary/aromatic N) is 3. The minimum absolute atomic E-state index is 0.459. The molecule has 0 radical (unpaired) electrons. The van der Waals surface area contributed by atoms with Crippen LogP contribution in [-0.2, 0) is 0 Å². The summed E-state index contributed by atoms with van der Waals surface area (Å²) in [6.07, 6.45) is 1.60. The third kappa shape index (κ3) is 3.89. The zero-order valence-electron chi connectivity index (χ0n) is 13.8. The molecule has 2 N–H and O–H groups in total. The summed E-state index contributed by atoms with van der Waals surface area (Å²) in [4.78, 5) is 4.47. The normalized spacial score (nSPS) is 10.5. The third-order valence-electron chi connectivity index (χ3n) is 3.62. The van der Waals surface area contributed by atoms with E-state index in [1.807, 2.05) is 31.2 Å². The summed E-state index contributed by atoms with van der Waals surface area (Å²) in [7, 11) is 0. The van der Waals surface area contributed by atoms with Crippen molar-refractivity contribution in [2.75, 3.05) is 10.6 Å². The molecule has 0 saturated carbocycles. The van der Waals surface area contributed by atoms with Gasteiger partial charge < -0.3 is 10.6 Å². The van der Waals surface area contributed by atoms with Gasteiger partial charge >= 0.3 is 0 Å². The van der Waals surface area contributed by atoms with Crippen molar-refractivity contribution in [3.63, 3.8) is 0 Å². The van der Waals surface area contributed by atoms with Gasteiger partial charge in [0.05, 0.1) is 6.20 Å². The second-order valence-corrected chi connectivity index (χ2v) is 6.55. The van der Waals surface area contributed by atoms with E-state index in [0.717, 1.165) is 27.0 Å². The number of rotatable bonds is 4. The van der Waals surface area contributed by atoms with Crippen LogP contribution in [-0.4, -0.2) is 15.2 Å². The maximum atomic E-state index is 4.47. The average Bonchev–Trinajstić information content (AvgIpc) is 2.54. The molecule has 6 heteroatoms. The monoisotopic (exact) mass is 383 g/mol. The number of hydrogen-bond acceptors (Lipinski definition) is 5. The van der Waals surface area contributed by atoms with Gasteiger partial charge in [0.25, 0.3) is 0 Å². The van der Waals surface area contributed by atoms with Crippen molar-refractivity contribution in [2.24, 2.45) is 0 Å². The lowest BCUT2D eigenvalue weighted by Gasteiger charge is -2.10.